The van der Waals surface area contributed by atoms with Crippen LogP contribution in [-0.4, -0.2) is 36.5 Å². The molecule has 0 aromatic heterocycles. The van der Waals surface area contributed by atoms with E-state index >= 15 is 0 Å². The first kappa shape index (κ1) is 19.3. The number of halogens is 1. The summed E-state index contributed by atoms with van der Waals surface area (Å²) in [5.41, 5.74) is 2.66. The first-order chi connectivity index (χ1) is 11.2. The molecule has 1 aromatic rings. The number of carbonyl (C=O) groups is 1. The number of aryl methyl sites for hydroxylation is 1. The van der Waals surface area contributed by atoms with Crippen LogP contribution in [-0.2, 0) is 11.2 Å². The van der Waals surface area contributed by atoms with Gasteiger partial charge in [-0.2, -0.15) is 0 Å². The summed E-state index contributed by atoms with van der Waals surface area (Å²) in [6.45, 7) is 5.33. The molecule has 0 bridgehead atoms. The maximum absolute atomic E-state index is 12.7. The van der Waals surface area contributed by atoms with Gasteiger partial charge in [0.15, 0.2) is 0 Å². The minimum Gasteiger partial charge on any atom is -0.339 e. The van der Waals surface area contributed by atoms with Gasteiger partial charge in [-0.1, -0.05) is 29.8 Å². The summed E-state index contributed by atoms with van der Waals surface area (Å²) in [4.78, 5) is 14.8. The summed E-state index contributed by atoms with van der Waals surface area (Å²) in [5.74, 6) is 1.14. The summed E-state index contributed by atoms with van der Waals surface area (Å²) in [5, 5.41) is 3.40. The molecule has 4 heteroatoms. The molecule has 2 aliphatic rings. The SMILES string of the molecule is Cc1ccc(CC2CCCN2C(=O)CCC2CCNCC2)cc1.Cl. The Morgan fingerprint density at radius 3 is 2.58 bits per heavy atom. The maximum Gasteiger partial charge on any atom is 0.222 e. The number of piperidine rings is 1. The number of nitrogens with zero attached hydrogens (tertiary/aromatic N) is 1. The average Bonchev–Trinajstić information content (AvgIpc) is 3.04. The molecule has 1 N–H and O–H groups in total. The van der Waals surface area contributed by atoms with E-state index < -0.39 is 0 Å². The Labute approximate surface area is 152 Å². The van der Waals surface area contributed by atoms with Crippen molar-refractivity contribution in [2.24, 2.45) is 5.92 Å². The van der Waals surface area contributed by atoms with Gasteiger partial charge in [-0.15, -0.1) is 12.4 Å². The second-order valence-electron chi connectivity index (χ2n) is 7.30. The van der Waals surface area contributed by atoms with Gasteiger partial charge in [-0.3, -0.25) is 4.79 Å². The van der Waals surface area contributed by atoms with Crippen molar-refractivity contribution in [3.63, 3.8) is 0 Å². The van der Waals surface area contributed by atoms with E-state index in [4.69, 9.17) is 0 Å². The smallest absolute Gasteiger partial charge is 0.222 e. The van der Waals surface area contributed by atoms with Gasteiger partial charge in [0.2, 0.25) is 5.91 Å². The Morgan fingerprint density at radius 1 is 1.17 bits per heavy atom. The summed E-state index contributed by atoms with van der Waals surface area (Å²) in [6.07, 6.45) is 7.63. The predicted octanol–water partition coefficient (Wildman–Crippen LogP) is 3.73. The first-order valence-electron chi connectivity index (χ1n) is 9.28. The van der Waals surface area contributed by atoms with Crippen molar-refractivity contribution in [1.82, 2.24) is 10.2 Å². The molecule has 0 saturated carbocycles. The van der Waals surface area contributed by atoms with E-state index in [1.54, 1.807) is 0 Å². The molecule has 3 rings (SSSR count). The fraction of sp³-hybridized carbons (Fsp3) is 0.650. The summed E-state index contributed by atoms with van der Waals surface area (Å²) >= 11 is 0. The lowest BCUT2D eigenvalue weighted by Gasteiger charge is -2.27. The van der Waals surface area contributed by atoms with Crippen molar-refractivity contribution < 1.29 is 4.79 Å². The second-order valence-corrected chi connectivity index (χ2v) is 7.30. The van der Waals surface area contributed by atoms with Gasteiger partial charge in [-0.25, -0.2) is 0 Å². The molecule has 0 aliphatic carbocycles. The van der Waals surface area contributed by atoms with Crippen molar-refractivity contribution in [1.29, 1.82) is 0 Å². The Morgan fingerprint density at radius 2 is 1.88 bits per heavy atom. The fourth-order valence-electron chi connectivity index (χ4n) is 4.01. The molecule has 2 saturated heterocycles. The lowest BCUT2D eigenvalue weighted by atomic mass is 9.93. The molecule has 0 radical (unpaired) electrons. The van der Waals surface area contributed by atoms with Crippen LogP contribution in [0.5, 0.6) is 0 Å². The maximum atomic E-state index is 12.7. The van der Waals surface area contributed by atoms with Crippen molar-refractivity contribution in [2.75, 3.05) is 19.6 Å². The molecule has 2 heterocycles. The average molecular weight is 351 g/mol. The summed E-state index contributed by atoms with van der Waals surface area (Å²) in [6, 6.07) is 9.19. The largest absolute Gasteiger partial charge is 0.339 e. The molecule has 1 unspecified atom stereocenters. The topological polar surface area (TPSA) is 32.3 Å². The van der Waals surface area contributed by atoms with E-state index in [2.05, 4.69) is 41.4 Å². The van der Waals surface area contributed by atoms with E-state index in [0.717, 1.165) is 57.7 Å². The van der Waals surface area contributed by atoms with Crippen LogP contribution >= 0.6 is 12.4 Å². The minimum atomic E-state index is 0. The third kappa shape index (κ3) is 5.22. The highest BCUT2D eigenvalue weighted by atomic mass is 35.5. The minimum absolute atomic E-state index is 0. The number of nitrogens with one attached hydrogen (secondary N) is 1. The number of likely N-dealkylation sites (tertiary alicyclic amines) is 1. The normalized spacial score (nSPS) is 21.5. The molecule has 24 heavy (non-hydrogen) atoms. The fourth-order valence-corrected chi connectivity index (χ4v) is 4.01. The number of rotatable bonds is 5. The molecule has 2 fully saturated rings. The quantitative estimate of drug-likeness (QED) is 0.877. The highest BCUT2D eigenvalue weighted by Gasteiger charge is 2.28. The molecule has 1 aromatic carbocycles. The van der Waals surface area contributed by atoms with E-state index in [1.807, 2.05) is 0 Å². The van der Waals surface area contributed by atoms with Crippen molar-refractivity contribution in [2.45, 2.75) is 57.9 Å². The Bertz CT molecular complexity index is 511. The highest BCUT2D eigenvalue weighted by Crippen LogP contribution is 2.24. The van der Waals surface area contributed by atoms with E-state index in [0.29, 0.717) is 11.9 Å². The Balaban J connectivity index is 0.00000208. The van der Waals surface area contributed by atoms with Gasteiger partial charge in [0, 0.05) is 19.0 Å². The molecule has 3 nitrogen and oxygen atoms in total. The molecular weight excluding hydrogens is 320 g/mol. The van der Waals surface area contributed by atoms with Crippen LogP contribution < -0.4 is 5.32 Å². The van der Waals surface area contributed by atoms with Crippen molar-refractivity contribution >= 4 is 18.3 Å². The van der Waals surface area contributed by atoms with Crippen LogP contribution in [0.15, 0.2) is 24.3 Å². The molecule has 1 amide bonds. The van der Waals surface area contributed by atoms with E-state index in [1.165, 1.54) is 24.0 Å². The summed E-state index contributed by atoms with van der Waals surface area (Å²) in [7, 11) is 0. The van der Waals surface area contributed by atoms with Gasteiger partial charge >= 0.3 is 0 Å². The van der Waals surface area contributed by atoms with Crippen molar-refractivity contribution in [3.05, 3.63) is 35.4 Å². The zero-order valence-electron chi connectivity index (χ0n) is 14.8. The van der Waals surface area contributed by atoms with Gasteiger partial charge in [0.1, 0.15) is 0 Å². The number of benzene rings is 1. The number of hydrogen-bond donors (Lipinski definition) is 1. The van der Waals surface area contributed by atoms with Crippen LogP contribution in [0.3, 0.4) is 0 Å². The third-order valence-electron chi connectivity index (χ3n) is 5.51. The standard InChI is InChI=1S/C20H30N2O.ClH/c1-16-4-6-18(7-5-16)15-19-3-2-14-22(19)20(23)9-8-17-10-12-21-13-11-17;/h4-7,17,19,21H,2-3,8-15H2,1H3;1H. The van der Waals surface area contributed by atoms with Crippen LogP contribution in [0.4, 0.5) is 0 Å². The van der Waals surface area contributed by atoms with Gasteiger partial charge in [0.05, 0.1) is 0 Å². The van der Waals surface area contributed by atoms with E-state index in [-0.39, 0.29) is 12.4 Å². The van der Waals surface area contributed by atoms with Crippen LogP contribution in [0.25, 0.3) is 0 Å². The molecule has 2 aliphatic heterocycles. The van der Waals surface area contributed by atoms with Crippen LogP contribution in [0.2, 0.25) is 0 Å². The zero-order valence-corrected chi connectivity index (χ0v) is 15.6. The Hall–Kier alpha value is -1.06. The Kier molecular flexibility index (Phi) is 7.57. The monoisotopic (exact) mass is 350 g/mol. The lowest BCUT2D eigenvalue weighted by Crippen LogP contribution is -2.37. The van der Waals surface area contributed by atoms with Gasteiger partial charge in [-0.05, 0) is 70.0 Å². The lowest BCUT2D eigenvalue weighted by molar-refractivity contribution is -0.132. The highest BCUT2D eigenvalue weighted by molar-refractivity contribution is 5.85. The van der Waals surface area contributed by atoms with E-state index in [9.17, 15) is 4.79 Å². The number of amides is 1. The third-order valence-corrected chi connectivity index (χ3v) is 5.51. The molecule has 0 spiro atoms. The second kappa shape index (κ2) is 9.43. The molecular formula is C20H31ClN2O. The first-order valence-corrected chi connectivity index (χ1v) is 9.28. The zero-order chi connectivity index (χ0) is 16.1. The van der Waals surface area contributed by atoms with Crippen molar-refractivity contribution in [3.8, 4) is 0 Å². The predicted molar refractivity (Wildman–Crippen MR) is 102 cm³/mol. The van der Waals surface area contributed by atoms with Crippen LogP contribution in [0, 0.1) is 12.8 Å². The number of hydrogen-bond acceptors (Lipinski definition) is 2. The van der Waals surface area contributed by atoms with Crippen LogP contribution in [0.1, 0.15) is 49.7 Å². The molecule has 134 valence electrons. The number of carbonyl (C=O) groups excluding carboxylic acids is 1. The van der Waals surface area contributed by atoms with Gasteiger partial charge < -0.3 is 10.2 Å². The summed E-state index contributed by atoms with van der Waals surface area (Å²) < 4.78 is 0. The molecule has 1 atom stereocenters. The van der Waals surface area contributed by atoms with Gasteiger partial charge in [0.25, 0.3) is 0 Å².